The molecule has 2 aromatic carbocycles. The number of aromatic hydroxyl groups is 1. The van der Waals surface area contributed by atoms with Gasteiger partial charge in [0.2, 0.25) is 0 Å². The highest BCUT2D eigenvalue weighted by Crippen LogP contribution is 2.26. The van der Waals surface area contributed by atoms with Crippen LogP contribution in [0.15, 0.2) is 53.4 Å². The van der Waals surface area contributed by atoms with Gasteiger partial charge in [0.25, 0.3) is 0 Å². The highest BCUT2D eigenvalue weighted by molar-refractivity contribution is 8.13. The van der Waals surface area contributed by atoms with E-state index < -0.39 is 0 Å². The first kappa shape index (κ1) is 18.7. The number of benzene rings is 2. The summed E-state index contributed by atoms with van der Waals surface area (Å²) in [5, 5.41) is 19.1. The van der Waals surface area contributed by atoms with E-state index in [0.29, 0.717) is 16.7 Å². The van der Waals surface area contributed by atoms with Crippen LogP contribution in [0.5, 0.6) is 5.75 Å². The van der Waals surface area contributed by atoms with Gasteiger partial charge in [0.05, 0.1) is 0 Å². The lowest BCUT2D eigenvalue weighted by atomic mass is 9.96. The van der Waals surface area contributed by atoms with Gasteiger partial charge < -0.3 is 10.0 Å². The van der Waals surface area contributed by atoms with Gasteiger partial charge in [-0.2, -0.15) is 0 Å². The standard InChI is InChI=1S/C19H23ClN2OS/c1-19(2,3)13-22(12-14-4-8-16(23)9-5-14)18(21)24-17-10-6-15(20)7-11-17/h4-11,21,23H,12-13H2,1-3H3. The maximum atomic E-state index is 9.43. The maximum Gasteiger partial charge on any atom is 0.161 e. The summed E-state index contributed by atoms with van der Waals surface area (Å²) in [6, 6.07) is 14.7. The molecule has 0 saturated carbocycles. The van der Waals surface area contributed by atoms with Gasteiger partial charge in [-0.05, 0) is 47.4 Å². The van der Waals surface area contributed by atoms with Gasteiger partial charge in [0.1, 0.15) is 5.75 Å². The van der Waals surface area contributed by atoms with E-state index in [0.717, 1.165) is 17.0 Å². The molecule has 0 aliphatic rings. The van der Waals surface area contributed by atoms with Crippen molar-refractivity contribution in [1.82, 2.24) is 4.90 Å². The first-order valence-corrected chi connectivity index (χ1v) is 8.97. The topological polar surface area (TPSA) is 47.3 Å². The van der Waals surface area contributed by atoms with Crippen molar-refractivity contribution >= 4 is 28.5 Å². The molecule has 128 valence electrons. The summed E-state index contributed by atoms with van der Waals surface area (Å²) in [6.07, 6.45) is 0. The number of hydrogen-bond donors (Lipinski definition) is 2. The highest BCUT2D eigenvalue weighted by Gasteiger charge is 2.20. The zero-order chi connectivity index (χ0) is 17.7. The fourth-order valence-corrected chi connectivity index (χ4v) is 3.15. The molecule has 0 fully saturated rings. The van der Waals surface area contributed by atoms with Crippen LogP contribution in [0.4, 0.5) is 0 Å². The molecule has 24 heavy (non-hydrogen) atoms. The molecular weight excluding hydrogens is 340 g/mol. The van der Waals surface area contributed by atoms with E-state index in [-0.39, 0.29) is 11.2 Å². The number of phenols is 1. The number of hydrogen-bond acceptors (Lipinski definition) is 3. The third kappa shape index (κ3) is 6.10. The molecule has 0 heterocycles. The van der Waals surface area contributed by atoms with Crippen LogP contribution in [-0.4, -0.2) is 21.7 Å². The summed E-state index contributed by atoms with van der Waals surface area (Å²) in [6.45, 7) is 7.90. The lowest BCUT2D eigenvalue weighted by Crippen LogP contribution is -2.35. The van der Waals surface area contributed by atoms with Gasteiger partial charge in [0.15, 0.2) is 5.17 Å². The summed E-state index contributed by atoms with van der Waals surface area (Å²) in [5.41, 5.74) is 1.14. The second-order valence-corrected chi connectivity index (χ2v) is 8.44. The Balaban J connectivity index is 2.13. The molecule has 0 spiro atoms. The Morgan fingerprint density at radius 1 is 1.08 bits per heavy atom. The van der Waals surface area contributed by atoms with Gasteiger partial charge in [-0.1, -0.05) is 56.3 Å². The minimum Gasteiger partial charge on any atom is -0.508 e. The van der Waals surface area contributed by atoms with Crippen molar-refractivity contribution in [2.45, 2.75) is 32.2 Å². The number of amidine groups is 1. The lowest BCUT2D eigenvalue weighted by Gasteiger charge is -2.31. The highest BCUT2D eigenvalue weighted by atomic mass is 35.5. The summed E-state index contributed by atoms with van der Waals surface area (Å²) < 4.78 is 0. The number of rotatable bonds is 4. The molecule has 3 nitrogen and oxygen atoms in total. The smallest absolute Gasteiger partial charge is 0.161 e. The summed E-state index contributed by atoms with van der Waals surface area (Å²) in [7, 11) is 0. The average molecular weight is 363 g/mol. The van der Waals surface area contributed by atoms with E-state index >= 15 is 0 Å². The molecule has 0 radical (unpaired) electrons. The van der Waals surface area contributed by atoms with Crippen LogP contribution in [-0.2, 0) is 6.54 Å². The van der Waals surface area contributed by atoms with Gasteiger partial charge in [0, 0.05) is 23.0 Å². The normalized spacial score (nSPS) is 11.3. The average Bonchev–Trinajstić information content (AvgIpc) is 2.50. The number of phenolic OH excluding ortho intramolecular Hbond substituents is 1. The number of thioether (sulfide) groups is 1. The van der Waals surface area contributed by atoms with Crippen molar-refractivity contribution in [3.63, 3.8) is 0 Å². The van der Waals surface area contributed by atoms with Crippen molar-refractivity contribution in [2.24, 2.45) is 5.41 Å². The molecule has 5 heteroatoms. The van der Waals surface area contributed by atoms with Crippen molar-refractivity contribution in [3.8, 4) is 5.75 Å². The predicted molar refractivity (Wildman–Crippen MR) is 103 cm³/mol. The molecule has 2 aromatic rings. The minimum atomic E-state index is 0.0732. The first-order chi connectivity index (χ1) is 11.2. The SMILES string of the molecule is CC(C)(C)CN(Cc1ccc(O)cc1)C(=N)Sc1ccc(Cl)cc1. The van der Waals surface area contributed by atoms with Gasteiger partial charge in [-0.15, -0.1) is 0 Å². The molecule has 2 N–H and O–H groups in total. The van der Waals surface area contributed by atoms with Gasteiger partial charge in [-0.3, -0.25) is 5.41 Å². The largest absolute Gasteiger partial charge is 0.508 e. The molecular formula is C19H23ClN2OS. The Morgan fingerprint density at radius 2 is 1.67 bits per heavy atom. The molecule has 0 bridgehead atoms. The summed E-state index contributed by atoms with van der Waals surface area (Å²) in [4.78, 5) is 3.06. The third-order valence-corrected chi connectivity index (χ3v) is 4.50. The van der Waals surface area contributed by atoms with Gasteiger partial charge >= 0.3 is 0 Å². The van der Waals surface area contributed by atoms with Crippen molar-refractivity contribution in [1.29, 1.82) is 5.41 Å². The molecule has 0 aromatic heterocycles. The third-order valence-electron chi connectivity index (χ3n) is 3.29. The van der Waals surface area contributed by atoms with Crippen molar-refractivity contribution < 1.29 is 5.11 Å². The monoisotopic (exact) mass is 362 g/mol. The van der Waals surface area contributed by atoms with E-state index in [1.807, 2.05) is 36.4 Å². The molecule has 0 atom stereocenters. The predicted octanol–water partition coefficient (Wildman–Crippen LogP) is 5.62. The zero-order valence-electron chi connectivity index (χ0n) is 14.2. The number of nitrogens with one attached hydrogen (secondary N) is 1. The van der Waals surface area contributed by atoms with Gasteiger partial charge in [-0.25, -0.2) is 0 Å². The fourth-order valence-electron chi connectivity index (χ4n) is 2.27. The van der Waals surface area contributed by atoms with Crippen LogP contribution >= 0.6 is 23.4 Å². The molecule has 2 rings (SSSR count). The van der Waals surface area contributed by atoms with Crippen LogP contribution in [0.3, 0.4) is 0 Å². The zero-order valence-corrected chi connectivity index (χ0v) is 15.8. The lowest BCUT2D eigenvalue weighted by molar-refractivity contribution is 0.272. The van der Waals surface area contributed by atoms with Crippen LogP contribution in [0.1, 0.15) is 26.3 Å². The number of nitrogens with zero attached hydrogens (tertiary/aromatic N) is 1. The maximum absolute atomic E-state index is 9.43. The summed E-state index contributed by atoms with van der Waals surface area (Å²) >= 11 is 7.35. The van der Waals surface area contributed by atoms with E-state index in [4.69, 9.17) is 17.0 Å². The van der Waals surface area contributed by atoms with E-state index in [1.165, 1.54) is 11.8 Å². The van der Waals surface area contributed by atoms with E-state index in [2.05, 4.69) is 25.7 Å². The van der Waals surface area contributed by atoms with Crippen molar-refractivity contribution in [3.05, 3.63) is 59.1 Å². The van der Waals surface area contributed by atoms with E-state index in [1.54, 1.807) is 12.1 Å². The van der Waals surface area contributed by atoms with Crippen LogP contribution in [0.25, 0.3) is 0 Å². The first-order valence-electron chi connectivity index (χ1n) is 7.78. The molecule has 0 amide bonds. The Morgan fingerprint density at radius 3 is 2.21 bits per heavy atom. The quantitative estimate of drug-likeness (QED) is 0.421. The summed E-state index contributed by atoms with van der Waals surface area (Å²) in [5.74, 6) is 0.256. The van der Waals surface area contributed by atoms with Crippen LogP contribution in [0.2, 0.25) is 5.02 Å². The molecule has 0 saturated heterocycles. The van der Waals surface area contributed by atoms with Crippen LogP contribution < -0.4 is 0 Å². The second kappa shape index (κ2) is 7.95. The fraction of sp³-hybridized carbons (Fsp3) is 0.316. The number of halogens is 1. The Bertz CT molecular complexity index is 678. The Hall–Kier alpha value is -1.65. The minimum absolute atomic E-state index is 0.0732. The Kier molecular flexibility index (Phi) is 6.19. The molecule has 0 aliphatic heterocycles. The molecule has 0 unspecified atom stereocenters. The second-order valence-electron chi connectivity index (χ2n) is 6.94. The Labute approximate surface area is 153 Å². The van der Waals surface area contributed by atoms with Crippen molar-refractivity contribution in [2.75, 3.05) is 6.54 Å². The van der Waals surface area contributed by atoms with E-state index in [9.17, 15) is 5.11 Å². The van der Waals surface area contributed by atoms with Crippen LogP contribution in [0, 0.1) is 10.8 Å². The molecule has 0 aliphatic carbocycles.